The highest BCUT2D eigenvalue weighted by Crippen LogP contribution is 2.20. The summed E-state index contributed by atoms with van der Waals surface area (Å²) in [7, 11) is 0. The molecule has 3 aromatic rings. The number of unbranched alkanes of at least 4 members (excludes halogenated alkanes) is 2. The molecule has 0 amide bonds. The molecule has 1 aromatic heterocycles. The van der Waals surface area contributed by atoms with Gasteiger partial charge in [-0.05, 0) is 82.4 Å². The number of ether oxygens (including phenoxy) is 1. The van der Waals surface area contributed by atoms with Gasteiger partial charge < -0.3 is 19.6 Å². The number of benzene rings is 2. The summed E-state index contributed by atoms with van der Waals surface area (Å²) in [5.74, 6) is 0.429. The van der Waals surface area contributed by atoms with E-state index in [-0.39, 0.29) is 0 Å². The van der Waals surface area contributed by atoms with Crippen LogP contribution in [0.5, 0.6) is 5.75 Å². The topological polar surface area (TPSA) is 84.6 Å². The average molecular weight is 425 g/mol. The third-order valence-electron chi connectivity index (χ3n) is 5.21. The van der Waals surface area contributed by atoms with Crippen molar-refractivity contribution in [3.05, 3.63) is 60.0 Å². The maximum absolute atomic E-state index is 11.1. The number of hydrogen-bond donors (Lipinski definition) is 2. The summed E-state index contributed by atoms with van der Waals surface area (Å²) < 4.78 is 11.3. The third-order valence-corrected chi connectivity index (χ3v) is 5.21. The van der Waals surface area contributed by atoms with Gasteiger partial charge in [-0.25, -0.2) is 9.78 Å². The quantitative estimate of drug-likeness (QED) is 0.376. The summed E-state index contributed by atoms with van der Waals surface area (Å²) in [5.41, 5.74) is 1.80. The van der Waals surface area contributed by atoms with Gasteiger partial charge in [0.15, 0.2) is 17.1 Å². The number of rotatable bonds is 13. The van der Waals surface area contributed by atoms with E-state index in [0.717, 1.165) is 68.6 Å². The first-order chi connectivity index (χ1) is 14.9. The lowest BCUT2D eigenvalue weighted by Crippen LogP contribution is -2.37. The van der Waals surface area contributed by atoms with Gasteiger partial charge in [-0.15, -0.1) is 0 Å². The molecule has 0 saturated heterocycles. The maximum Gasteiger partial charge on any atom is 0.347 e. The fraction of sp³-hybridized carbons (Fsp3) is 0.440. The zero-order valence-electron chi connectivity index (χ0n) is 18.4. The van der Waals surface area contributed by atoms with Crippen molar-refractivity contribution in [2.24, 2.45) is 0 Å². The number of aliphatic carboxylic acids is 1. The minimum atomic E-state index is -1.23. The first-order valence-electron chi connectivity index (χ1n) is 11.0. The standard InChI is InChI=1S/C25H32N2O4/c1-25(2,24(28)29)31-20-15-13-19(14-16-20)9-8-18-26-17-7-3-4-12-23-27-21-10-5-6-11-22(21)30-23/h5-6,10-11,13-16,26H,3-4,7-9,12,17-18H2,1-2H3,(H,28,29). The molecule has 0 fully saturated rings. The molecule has 0 aliphatic carbocycles. The Labute approximate surface area is 183 Å². The van der Waals surface area contributed by atoms with Crippen LogP contribution in [-0.4, -0.2) is 34.8 Å². The molecule has 166 valence electrons. The molecule has 0 aliphatic rings. The molecule has 0 bridgehead atoms. The van der Waals surface area contributed by atoms with Crippen LogP contribution in [0.15, 0.2) is 52.9 Å². The van der Waals surface area contributed by atoms with Crippen LogP contribution in [0.3, 0.4) is 0 Å². The number of carbonyl (C=O) groups is 1. The summed E-state index contributed by atoms with van der Waals surface area (Å²) >= 11 is 0. The van der Waals surface area contributed by atoms with Gasteiger partial charge in [0.2, 0.25) is 0 Å². The predicted octanol–water partition coefficient (Wildman–Crippen LogP) is 5.01. The van der Waals surface area contributed by atoms with E-state index in [1.54, 1.807) is 13.8 Å². The minimum absolute atomic E-state index is 0.576. The van der Waals surface area contributed by atoms with Crippen molar-refractivity contribution in [3.63, 3.8) is 0 Å². The van der Waals surface area contributed by atoms with Crippen LogP contribution in [0.25, 0.3) is 11.1 Å². The number of aryl methyl sites for hydroxylation is 2. The summed E-state index contributed by atoms with van der Waals surface area (Å²) in [4.78, 5) is 15.7. The fourth-order valence-electron chi connectivity index (χ4n) is 3.33. The third kappa shape index (κ3) is 7.10. The number of para-hydroxylation sites is 2. The Morgan fingerprint density at radius 2 is 1.74 bits per heavy atom. The molecule has 0 aliphatic heterocycles. The van der Waals surface area contributed by atoms with E-state index in [9.17, 15) is 4.79 Å². The second-order valence-electron chi connectivity index (χ2n) is 8.30. The Morgan fingerprint density at radius 3 is 2.48 bits per heavy atom. The average Bonchev–Trinajstić information content (AvgIpc) is 3.16. The second-order valence-corrected chi connectivity index (χ2v) is 8.30. The molecule has 3 rings (SSSR count). The molecule has 6 nitrogen and oxygen atoms in total. The molecule has 31 heavy (non-hydrogen) atoms. The zero-order valence-corrected chi connectivity index (χ0v) is 18.4. The van der Waals surface area contributed by atoms with Gasteiger partial charge in [0.1, 0.15) is 11.3 Å². The van der Waals surface area contributed by atoms with Crippen LogP contribution in [0, 0.1) is 0 Å². The van der Waals surface area contributed by atoms with E-state index >= 15 is 0 Å². The lowest BCUT2D eigenvalue weighted by atomic mass is 10.1. The number of nitrogens with one attached hydrogen (secondary N) is 1. The Kier molecular flexibility index (Phi) is 8.06. The summed E-state index contributed by atoms with van der Waals surface area (Å²) in [5, 5.41) is 12.6. The van der Waals surface area contributed by atoms with Crippen molar-refractivity contribution in [2.75, 3.05) is 13.1 Å². The summed E-state index contributed by atoms with van der Waals surface area (Å²) in [6.07, 6.45) is 6.31. The van der Waals surface area contributed by atoms with Crippen molar-refractivity contribution >= 4 is 17.1 Å². The molecule has 2 aromatic carbocycles. The summed E-state index contributed by atoms with van der Waals surface area (Å²) in [6, 6.07) is 15.6. The van der Waals surface area contributed by atoms with E-state index in [0.29, 0.717) is 5.75 Å². The lowest BCUT2D eigenvalue weighted by molar-refractivity contribution is -0.152. The van der Waals surface area contributed by atoms with E-state index < -0.39 is 11.6 Å². The minimum Gasteiger partial charge on any atom is -0.478 e. The first-order valence-corrected chi connectivity index (χ1v) is 11.0. The Morgan fingerprint density at radius 1 is 1.00 bits per heavy atom. The Bertz CT molecular complexity index is 930. The van der Waals surface area contributed by atoms with Crippen molar-refractivity contribution in [3.8, 4) is 5.75 Å². The van der Waals surface area contributed by atoms with Crippen LogP contribution >= 0.6 is 0 Å². The molecular weight excluding hydrogens is 392 g/mol. The first kappa shape index (κ1) is 22.8. The van der Waals surface area contributed by atoms with Gasteiger partial charge in [0, 0.05) is 6.42 Å². The van der Waals surface area contributed by atoms with Crippen molar-refractivity contribution in [1.82, 2.24) is 10.3 Å². The molecular formula is C25H32N2O4. The van der Waals surface area contributed by atoms with Crippen molar-refractivity contribution < 1.29 is 19.1 Å². The highest BCUT2D eigenvalue weighted by Gasteiger charge is 2.29. The fourth-order valence-corrected chi connectivity index (χ4v) is 3.33. The molecule has 0 atom stereocenters. The maximum atomic E-state index is 11.1. The van der Waals surface area contributed by atoms with E-state index in [1.165, 1.54) is 5.56 Å². The van der Waals surface area contributed by atoms with Crippen LogP contribution in [0.4, 0.5) is 0 Å². The van der Waals surface area contributed by atoms with Crippen molar-refractivity contribution in [1.29, 1.82) is 0 Å². The van der Waals surface area contributed by atoms with Gasteiger partial charge in [-0.1, -0.05) is 30.7 Å². The van der Waals surface area contributed by atoms with Crippen molar-refractivity contribution in [2.45, 2.75) is 58.0 Å². The van der Waals surface area contributed by atoms with Gasteiger partial charge in [-0.2, -0.15) is 0 Å². The SMILES string of the molecule is CC(C)(Oc1ccc(CCCNCCCCCc2nc3ccccc3o2)cc1)C(=O)O. The molecule has 0 spiro atoms. The van der Waals surface area contributed by atoms with E-state index in [2.05, 4.69) is 10.3 Å². The smallest absolute Gasteiger partial charge is 0.347 e. The van der Waals surface area contributed by atoms with Crippen LogP contribution in [0.1, 0.15) is 51.0 Å². The second kappa shape index (κ2) is 11.0. The van der Waals surface area contributed by atoms with Crippen LogP contribution in [-0.2, 0) is 17.6 Å². The molecule has 2 N–H and O–H groups in total. The predicted molar refractivity (Wildman–Crippen MR) is 122 cm³/mol. The molecule has 6 heteroatoms. The molecule has 0 unspecified atom stereocenters. The monoisotopic (exact) mass is 424 g/mol. The van der Waals surface area contributed by atoms with Crippen LogP contribution < -0.4 is 10.1 Å². The number of aromatic nitrogens is 1. The zero-order chi connectivity index (χ0) is 22.1. The van der Waals surface area contributed by atoms with E-state index in [4.69, 9.17) is 14.3 Å². The largest absolute Gasteiger partial charge is 0.478 e. The number of carboxylic acids is 1. The number of fused-ring (bicyclic) bond motifs is 1. The number of nitrogens with zero attached hydrogens (tertiary/aromatic N) is 1. The molecule has 1 heterocycles. The highest BCUT2D eigenvalue weighted by atomic mass is 16.5. The number of oxazole rings is 1. The van der Waals surface area contributed by atoms with Gasteiger partial charge in [-0.3, -0.25) is 0 Å². The van der Waals surface area contributed by atoms with Gasteiger partial charge in [0.05, 0.1) is 0 Å². The van der Waals surface area contributed by atoms with E-state index in [1.807, 2.05) is 48.5 Å². The Balaban J connectivity index is 1.23. The normalized spacial score (nSPS) is 11.7. The van der Waals surface area contributed by atoms with Gasteiger partial charge >= 0.3 is 5.97 Å². The molecule has 0 saturated carbocycles. The lowest BCUT2D eigenvalue weighted by Gasteiger charge is -2.21. The van der Waals surface area contributed by atoms with Crippen LogP contribution in [0.2, 0.25) is 0 Å². The highest BCUT2D eigenvalue weighted by molar-refractivity contribution is 5.76. The summed E-state index contributed by atoms with van der Waals surface area (Å²) in [6.45, 7) is 5.09. The number of hydrogen-bond acceptors (Lipinski definition) is 5. The Hall–Kier alpha value is -2.86. The molecule has 0 radical (unpaired) electrons. The number of carboxylic acid groups (broad SMARTS) is 1. The van der Waals surface area contributed by atoms with Gasteiger partial charge in [0.25, 0.3) is 0 Å².